The molecular weight excluding hydrogens is 260 g/mol. The van der Waals surface area contributed by atoms with E-state index in [1.165, 1.54) is 5.56 Å². The second kappa shape index (κ2) is 6.93. The van der Waals surface area contributed by atoms with Crippen molar-refractivity contribution in [1.29, 1.82) is 0 Å². The Morgan fingerprint density at radius 3 is 2.43 bits per heavy atom. The molecule has 0 spiro atoms. The molecule has 2 aromatic carbocycles. The van der Waals surface area contributed by atoms with Crippen molar-refractivity contribution in [2.45, 2.75) is 20.4 Å². The van der Waals surface area contributed by atoms with Crippen LogP contribution in [0.25, 0.3) is 0 Å². The summed E-state index contributed by atoms with van der Waals surface area (Å²) in [5.41, 5.74) is 3.97. The van der Waals surface area contributed by atoms with E-state index in [1.54, 1.807) is 4.90 Å². The smallest absolute Gasteiger partial charge is 0.255 e. The van der Waals surface area contributed by atoms with Gasteiger partial charge in [0.1, 0.15) is 0 Å². The van der Waals surface area contributed by atoms with Gasteiger partial charge in [-0.25, -0.2) is 0 Å². The second-order valence-corrected chi connectivity index (χ2v) is 5.22. The molecule has 0 bridgehead atoms. The number of anilines is 1. The first-order chi connectivity index (χ1) is 10.1. The zero-order valence-electron chi connectivity index (χ0n) is 12.9. The molecule has 0 atom stereocenters. The van der Waals surface area contributed by atoms with Crippen LogP contribution in [0, 0.1) is 6.92 Å². The van der Waals surface area contributed by atoms with Gasteiger partial charge in [0.05, 0.1) is 5.56 Å². The average Bonchev–Trinajstić information content (AvgIpc) is 2.50. The molecule has 0 unspecified atom stereocenters. The highest BCUT2D eigenvalue weighted by atomic mass is 16.2. The Morgan fingerprint density at radius 1 is 1.10 bits per heavy atom. The highest BCUT2D eigenvalue weighted by Crippen LogP contribution is 2.17. The van der Waals surface area contributed by atoms with Crippen molar-refractivity contribution >= 4 is 11.6 Å². The van der Waals surface area contributed by atoms with Crippen LogP contribution in [0.15, 0.2) is 48.5 Å². The van der Waals surface area contributed by atoms with E-state index in [0.717, 1.165) is 17.8 Å². The third-order valence-electron chi connectivity index (χ3n) is 3.41. The van der Waals surface area contributed by atoms with E-state index in [-0.39, 0.29) is 5.91 Å². The number of carbonyl (C=O) groups is 1. The second-order valence-electron chi connectivity index (χ2n) is 5.22. The van der Waals surface area contributed by atoms with E-state index in [2.05, 4.69) is 36.5 Å². The minimum absolute atomic E-state index is 0.0344. The first kappa shape index (κ1) is 15.1. The molecule has 0 aliphatic rings. The van der Waals surface area contributed by atoms with Crippen molar-refractivity contribution in [1.82, 2.24) is 4.90 Å². The Hall–Kier alpha value is -2.29. The van der Waals surface area contributed by atoms with Gasteiger partial charge in [0.2, 0.25) is 0 Å². The van der Waals surface area contributed by atoms with Crippen LogP contribution in [0.3, 0.4) is 0 Å². The SMILES string of the molecule is CCNc1ccccc1C(=O)N(C)Cc1ccc(C)cc1. The van der Waals surface area contributed by atoms with Crippen molar-refractivity contribution in [3.63, 3.8) is 0 Å². The summed E-state index contributed by atoms with van der Waals surface area (Å²) >= 11 is 0. The minimum Gasteiger partial charge on any atom is -0.385 e. The number of para-hydroxylation sites is 1. The molecule has 3 nitrogen and oxygen atoms in total. The van der Waals surface area contributed by atoms with E-state index in [9.17, 15) is 4.79 Å². The van der Waals surface area contributed by atoms with Crippen LogP contribution in [0.4, 0.5) is 5.69 Å². The van der Waals surface area contributed by atoms with Crippen molar-refractivity contribution in [2.24, 2.45) is 0 Å². The number of nitrogens with one attached hydrogen (secondary N) is 1. The van der Waals surface area contributed by atoms with E-state index >= 15 is 0 Å². The van der Waals surface area contributed by atoms with Crippen LogP contribution < -0.4 is 5.32 Å². The fourth-order valence-electron chi connectivity index (χ4n) is 2.26. The number of hydrogen-bond donors (Lipinski definition) is 1. The summed E-state index contributed by atoms with van der Waals surface area (Å²) in [6.07, 6.45) is 0. The Labute approximate surface area is 126 Å². The molecule has 1 amide bonds. The molecule has 0 aromatic heterocycles. The molecule has 21 heavy (non-hydrogen) atoms. The fraction of sp³-hybridized carbons (Fsp3) is 0.278. The lowest BCUT2D eigenvalue weighted by Crippen LogP contribution is -2.27. The quantitative estimate of drug-likeness (QED) is 0.907. The third-order valence-corrected chi connectivity index (χ3v) is 3.41. The lowest BCUT2D eigenvalue weighted by atomic mass is 10.1. The molecule has 0 saturated heterocycles. The van der Waals surface area contributed by atoms with Gasteiger partial charge in [0.25, 0.3) is 5.91 Å². The van der Waals surface area contributed by atoms with Crippen LogP contribution in [0.1, 0.15) is 28.4 Å². The molecular formula is C18H22N2O. The van der Waals surface area contributed by atoms with Gasteiger partial charge in [0.15, 0.2) is 0 Å². The average molecular weight is 282 g/mol. The van der Waals surface area contributed by atoms with Gasteiger partial charge in [0, 0.05) is 25.8 Å². The van der Waals surface area contributed by atoms with Crippen LogP contribution in [0.5, 0.6) is 0 Å². The van der Waals surface area contributed by atoms with Crippen LogP contribution in [-0.4, -0.2) is 24.4 Å². The van der Waals surface area contributed by atoms with Crippen LogP contribution >= 0.6 is 0 Å². The summed E-state index contributed by atoms with van der Waals surface area (Å²) < 4.78 is 0. The highest BCUT2D eigenvalue weighted by Gasteiger charge is 2.15. The maximum atomic E-state index is 12.6. The van der Waals surface area contributed by atoms with Crippen LogP contribution in [0.2, 0.25) is 0 Å². The number of hydrogen-bond acceptors (Lipinski definition) is 2. The predicted molar refractivity (Wildman–Crippen MR) is 87.6 cm³/mol. The lowest BCUT2D eigenvalue weighted by Gasteiger charge is -2.19. The van der Waals surface area contributed by atoms with Crippen molar-refractivity contribution < 1.29 is 4.79 Å². The summed E-state index contributed by atoms with van der Waals surface area (Å²) in [5.74, 6) is 0.0344. The first-order valence-electron chi connectivity index (χ1n) is 7.25. The van der Waals surface area contributed by atoms with E-state index in [0.29, 0.717) is 12.1 Å². The normalized spacial score (nSPS) is 10.2. The van der Waals surface area contributed by atoms with Crippen LogP contribution in [-0.2, 0) is 6.54 Å². The lowest BCUT2D eigenvalue weighted by molar-refractivity contribution is 0.0786. The largest absolute Gasteiger partial charge is 0.385 e. The number of benzene rings is 2. The highest BCUT2D eigenvalue weighted by molar-refractivity contribution is 5.99. The maximum absolute atomic E-state index is 12.6. The van der Waals surface area contributed by atoms with Crippen molar-refractivity contribution in [3.8, 4) is 0 Å². The Balaban J connectivity index is 2.13. The standard InChI is InChI=1S/C18H22N2O/c1-4-19-17-8-6-5-7-16(17)18(21)20(3)13-15-11-9-14(2)10-12-15/h5-12,19H,4,13H2,1-3H3. The maximum Gasteiger partial charge on any atom is 0.255 e. The third kappa shape index (κ3) is 3.85. The Bertz CT molecular complexity index is 605. The zero-order chi connectivity index (χ0) is 15.2. The Kier molecular flexibility index (Phi) is 4.99. The van der Waals surface area contributed by atoms with Gasteiger partial charge in [-0.15, -0.1) is 0 Å². The zero-order valence-corrected chi connectivity index (χ0v) is 12.9. The monoisotopic (exact) mass is 282 g/mol. The molecule has 0 saturated carbocycles. The number of amides is 1. The van der Waals surface area contributed by atoms with Crippen molar-refractivity contribution in [3.05, 3.63) is 65.2 Å². The van der Waals surface area contributed by atoms with Gasteiger partial charge in [-0.2, -0.15) is 0 Å². The minimum atomic E-state index is 0.0344. The predicted octanol–water partition coefficient (Wildman–Crippen LogP) is 3.70. The molecule has 0 heterocycles. The van der Waals surface area contributed by atoms with Crippen molar-refractivity contribution in [2.75, 3.05) is 18.9 Å². The van der Waals surface area contributed by atoms with Gasteiger partial charge < -0.3 is 10.2 Å². The molecule has 110 valence electrons. The number of carbonyl (C=O) groups excluding carboxylic acids is 1. The van der Waals surface area contributed by atoms with E-state index in [4.69, 9.17) is 0 Å². The summed E-state index contributed by atoms with van der Waals surface area (Å²) in [6, 6.07) is 15.9. The number of rotatable bonds is 5. The van der Waals surface area contributed by atoms with Gasteiger partial charge in [-0.1, -0.05) is 42.0 Å². The summed E-state index contributed by atoms with van der Waals surface area (Å²) in [5, 5.41) is 3.24. The molecule has 3 heteroatoms. The van der Waals surface area contributed by atoms with Gasteiger partial charge in [-0.05, 0) is 31.5 Å². The topological polar surface area (TPSA) is 32.3 Å². The van der Waals surface area contributed by atoms with Gasteiger partial charge in [-0.3, -0.25) is 4.79 Å². The van der Waals surface area contributed by atoms with E-state index < -0.39 is 0 Å². The summed E-state index contributed by atoms with van der Waals surface area (Å²) in [7, 11) is 1.84. The Morgan fingerprint density at radius 2 is 1.76 bits per heavy atom. The molecule has 0 radical (unpaired) electrons. The molecule has 2 rings (SSSR count). The summed E-state index contributed by atoms with van der Waals surface area (Å²) in [6.45, 7) is 5.49. The number of aryl methyl sites for hydroxylation is 1. The molecule has 0 fully saturated rings. The summed E-state index contributed by atoms with van der Waals surface area (Å²) in [4.78, 5) is 14.3. The molecule has 0 aliphatic heterocycles. The number of nitrogens with zero attached hydrogens (tertiary/aromatic N) is 1. The fourth-order valence-corrected chi connectivity index (χ4v) is 2.26. The van der Waals surface area contributed by atoms with E-state index in [1.807, 2.05) is 38.2 Å². The molecule has 2 aromatic rings. The molecule has 0 aliphatic carbocycles. The molecule has 1 N–H and O–H groups in total. The first-order valence-corrected chi connectivity index (χ1v) is 7.25. The van der Waals surface area contributed by atoms with Gasteiger partial charge >= 0.3 is 0 Å².